The maximum atomic E-state index is 13.2. The van der Waals surface area contributed by atoms with Crippen molar-refractivity contribution in [2.75, 3.05) is 11.9 Å². The summed E-state index contributed by atoms with van der Waals surface area (Å²) < 4.78 is 3.33. The zero-order valence-electron chi connectivity index (χ0n) is 17.3. The highest BCUT2D eigenvalue weighted by molar-refractivity contribution is 6.30. The van der Waals surface area contributed by atoms with Crippen LogP contribution in [-0.4, -0.2) is 26.9 Å². The Hall–Kier alpha value is -3.90. The van der Waals surface area contributed by atoms with Crippen molar-refractivity contribution in [3.05, 3.63) is 100 Å². The highest BCUT2D eigenvalue weighted by atomic mass is 35.5. The number of hydrogen-bond acceptors (Lipinski definition) is 3. The first-order valence-electron chi connectivity index (χ1n) is 10.1. The normalized spacial score (nSPS) is 11.2. The molecule has 2 heterocycles. The second kappa shape index (κ2) is 7.98. The van der Waals surface area contributed by atoms with E-state index in [2.05, 4.69) is 0 Å². The van der Waals surface area contributed by atoms with Gasteiger partial charge in [-0.15, -0.1) is 0 Å². The summed E-state index contributed by atoms with van der Waals surface area (Å²) in [5.74, 6) is 0.283. The van der Waals surface area contributed by atoms with E-state index in [1.165, 1.54) is 6.07 Å². The lowest BCUT2D eigenvalue weighted by Gasteiger charge is -2.18. The van der Waals surface area contributed by atoms with Crippen molar-refractivity contribution in [2.24, 2.45) is 0 Å². The number of likely N-dealkylation sites (N-methyl/N-ethyl adjacent to an activating group) is 1. The number of halogens is 1. The van der Waals surface area contributed by atoms with E-state index in [9.17, 15) is 9.59 Å². The van der Waals surface area contributed by atoms with Crippen molar-refractivity contribution in [2.45, 2.75) is 6.54 Å². The fourth-order valence-electron chi connectivity index (χ4n) is 3.86. The number of fused-ring (bicyclic) bond motifs is 3. The number of hydrogen-bond donors (Lipinski definition) is 0. The summed E-state index contributed by atoms with van der Waals surface area (Å²) in [6.07, 6.45) is 0. The van der Waals surface area contributed by atoms with E-state index in [1.807, 2.05) is 66.7 Å². The molecule has 0 spiro atoms. The van der Waals surface area contributed by atoms with Crippen LogP contribution in [0.2, 0.25) is 5.02 Å². The second-order valence-electron chi connectivity index (χ2n) is 7.49. The SMILES string of the molecule is CN(C(=O)Cn1c2ccccc2n2c(=O)cc(-c3cccc(Cl)c3)nc12)c1ccccc1. The molecule has 5 aromatic rings. The number of aromatic nitrogens is 3. The van der Waals surface area contributed by atoms with Gasteiger partial charge in [0.2, 0.25) is 11.7 Å². The van der Waals surface area contributed by atoms with Gasteiger partial charge >= 0.3 is 0 Å². The second-order valence-corrected chi connectivity index (χ2v) is 7.92. The molecule has 0 aliphatic rings. The van der Waals surface area contributed by atoms with Gasteiger partial charge in [0.1, 0.15) is 6.54 Å². The number of amides is 1. The minimum atomic E-state index is -0.219. The van der Waals surface area contributed by atoms with Crippen LogP contribution in [-0.2, 0) is 11.3 Å². The van der Waals surface area contributed by atoms with Gasteiger partial charge in [-0.25, -0.2) is 9.38 Å². The van der Waals surface area contributed by atoms with Gasteiger partial charge in [-0.1, -0.05) is 54.1 Å². The Kier molecular flexibility index (Phi) is 4.99. The number of carbonyl (C=O) groups excluding carboxylic acids is 1. The maximum Gasteiger partial charge on any atom is 0.260 e. The zero-order valence-corrected chi connectivity index (χ0v) is 18.0. The molecular formula is C25H19ClN4O2. The first-order chi connectivity index (χ1) is 15.5. The zero-order chi connectivity index (χ0) is 22.2. The Morgan fingerprint density at radius 3 is 2.41 bits per heavy atom. The maximum absolute atomic E-state index is 13.2. The summed E-state index contributed by atoms with van der Waals surface area (Å²) in [4.78, 5) is 32.6. The molecule has 0 aliphatic carbocycles. The number of carbonyl (C=O) groups is 1. The fraction of sp³-hybridized carbons (Fsp3) is 0.0800. The highest BCUT2D eigenvalue weighted by Gasteiger charge is 2.19. The molecule has 0 fully saturated rings. The molecule has 0 aliphatic heterocycles. The third-order valence-electron chi connectivity index (χ3n) is 5.49. The molecule has 158 valence electrons. The lowest BCUT2D eigenvalue weighted by molar-refractivity contribution is -0.118. The van der Waals surface area contributed by atoms with E-state index >= 15 is 0 Å². The van der Waals surface area contributed by atoms with Crippen LogP contribution in [0.5, 0.6) is 0 Å². The molecule has 32 heavy (non-hydrogen) atoms. The number of benzene rings is 3. The van der Waals surface area contributed by atoms with Crippen molar-refractivity contribution in [3.8, 4) is 11.3 Å². The molecule has 1 amide bonds. The van der Waals surface area contributed by atoms with Crippen LogP contribution in [0.4, 0.5) is 5.69 Å². The van der Waals surface area contributed by atoms with Crippen LogP contribution in [0.1, 0.15) is 0 Å². The third-order valence-corrected chi connectivity index (χ3v) is 5.72. The summed E-state index contributed by atoms with van der Waals surface area (Å²) in [6.45, 7) is 0.0356. The summed E-state index contributed by atoms with van der Waals surface area (Å²) >= 11 is 6.14. The standard InChI is InChI=1S/C25H19ClN4O2/c1-28(19-10-3-2-4-11-19)24(32)16-29-21-12-5-6-13-22(21)30-23(31)15-20(27-25(29)30)17-8-7-9-18(26)14-17/h2-15H,16H2,1H3. The average molecular weight is 443 g/mol. The number of anilines is 1. The van der Waals surface area contributed by atoms with Crippen molar-refractivity contribution in [1.82, 2.24) is 14.0 Å². The number of nitrogens with zero attached hydrogens (tertiary/aromatic N) is 4. The summed E-state index contributed by atoms with van der Waals surface area (Å²) in [5, 5.41) is 0.560. The first-order valence-corrected chi connectivity index (χ1v) is 10.5. The van der Waals surface area contributed by atoms with E-state index in [1.54, 1.807) is 33.0 Å². The first kappa shape index (κ1) is 20.0. The van der Waals surface area contributed by atoms with Gasteiger partial charge in [-0.05, 0) is 36.4 Å². The van der Waals surface area contributed by atoms with Gasteiger partial charge in [0.15, 0.2) is 0 Å². The van der Waals surface area contributed by atoms with Crippen molar-refractivity contribution in [3.63, 3.8) is 0 Å². The number of imidazole rings is 1. The van der Waals surface area contributed by atoms with Gasteiger partial charge in [0.05, 0.1) is 16.7 Å². The Bertz CT molecular complexity index is 1520. The minimum Gasteiger partial charge on any atom is -0.314 e. The lowest BCUT2D eigenvalue weighted by Crippen LogP contribution is -2.30. The van der Waals surface area contributed by atoms with Gasteiger partial charge in [-0.2, -0.15) is 0 Å². The Morgan fingerprint density at radius 2 is 1.66 bits per heavy atom. The van der Waals surface area contributed by atoms with Crippen LogP contribution in [0.15, 0.2) is 89.7 Å². The Balaban J connectivity index is 1.68. The van der Waals surface area contributed by atoms with Gasteiger partial charge in [0, 0.05) is 29.4 Å². The van der Waals surface area contributed by atoms with Crippen LogP contribution in [0.3, 0.4) is 0 Å². The monoisotopic (exact) mass is 442 g/mol. The topological polar surface area (TPSA) is 59.6 Å². The molecule has 6 nitrogen and oxygen atoms in total. The molecule has 0 radical (unpaired) electrons. The molecule has 5 rings (SSSR count). The van der Waals surface area contributed by atoms with E-state index in [-0.39, 0.29) is 18.0 Å². The van der Waals surface area contributed by atoms with Crippen molar-refractivity contribution in [1.29, 1.82) is 0 Å². The molecule has 0 saturated heterocycles. The lowest BCUT2D eigenvalue weighted by atomic mass is 10.1. The van der Waals surface area contributed by atoms with Gasteiger partial charge < -0.3 is 9.47 Å². The summed E-state index contributed by atoms with van der Waals surface area (Å²) in [6, 6.07) is 25.6. The Labute approximate surface area is 188 Å². The van der Waals surface area contributed by atoms with Crippen molar-refractivity contribution >= 4 is 40.0 Å². The van der Waals surface area contributed by atoms with Crippen molar-refractivity contribution < 1.29 is 4.79 Å². The van der Waals surface area contributed by atoms with Crippen LogP contribution in [0, 0.1) is 0 Å². The average Bonchev–Trinajstić information content (AvgIpc) is 3.13. The molecule has 0 saturated carbocycles. The van der Waals surface area contributed by atoms with E-state index < -0.39 is 0 Å². The quantitative estimate of drug-likeness (QED) is 0.407. The Morgan fingerprint density at radius 1 is 0.938 bits per heavy atom. The highest BCUT2D eigenvalue weighted by Crippen LogP contribution is 2.24. The minimum absolute atomic E-state index is 0.0356. The van der Waals surface area contributed by atoms with Crippen LogP contribution < -0.4 is 10.5 Å². The molecule has 3 aromatic carbocycles. The fourth-order valence-corrected chi connectivity index (χ4v) is 4.05. The smallest absolute Gasteiger partial charge is 0.260 e. The molecule has 7 heteroatoms. The van der Waals surface area contributed by atoms with E-state index in [0.29, 0.717) is 22.0 Å². The number of rotatable bonds is 4. The molecule has 2 aromatic heterocycles. The summed E-state index contributed by atoms with van der Waals surface area (Å²) in [7, 11) is 1.74. The molecule has 0 N–H and O–H groups in total. The van der Waals surface area contributed by atoms with Crippen LogP contribution in [0.25, 0.3) is 28.1 Å². The third kappa shape index (κ3) is 3.44. The van der Waals surface area contributed by atoms with E-state index in [4.69, 9.17) is 16.6 Å². The predicted molar refractivity (Wildman–Crippen MR) is 127 cm³/mol. The molecule has 0 bridgehead atoms. The molecule has 0 unspecified atom stereocenters. The number of para-hydroxylation sites is 3. The molecular weight excluding hydrogens is 424 g/mol. The van der Waals surface area contributed by atoms with Gasteiger partial charge in [0.25, 0.3) is 5.56 Å². The van der Waals surface area contributed by atoms with E-state index in [0.717, 1.165) is 16.8 Å². The van der Waals surface area contributed by atoms with Gasteiger partial charge in [-0.3, -0.25) is 9.59 Å². The summed E-state index contributed by atoms with van der Waals surface area (Å²) in [5.41, 5.74) is 3.28. The molecule has 0 atom stereocenters. The van der Waals surface area contributed by atoms with Crippen LogP contribution >= 0.6 is 11.6 Å². The predicted octanol–water partition coefficient (Wildman–Crippen LogP) is 4.63. The largest absolute Gasteiger partial charge is 0.314 e.